The lowest BCUT2D eigenvalue weighted by molar-refractivity contribution is 0.601. The third-order valence-corrected chi connectivity index (χ3v) is 6.73. The molecule has 27 heavy (non-hydrogen) atoms. The van der Waals surface area contributed by atoms with Gasteiger partial charge in [0.05, 0.1) is 15.1 Å². The van der Waals surface area contributed by atoms with Crippen molar-refractivity contribution < 1.29 is 8.42 Å². The summed E-state index contributed by atoms with van der Waals surface area (Å²) in [5.74, 6) is 0. The Bertz CT molecular complexity index is 1090. The van der Waals surface area contributed by atoms with E-state index in [1.165, 1.54) is 5.56 Å². The molecule has 1 aromatic heterocycles. The summed E-state index contributed by atoms with van der Waals surface area (Å²) in [5, 5.41) is 0. The van der Waals surface area contributed by atoms with E-state index in [4.69, 9.17) is 0 Å². The molecule has 0 fully saturated rings. The molecule has 0 aliphatic carbocycles. The molecule has 3 rings (SSSR count). The molecule has 144 valence electrons. The van der Waals surface area contributed by atoms with Crippen molar-refractivity contribution in [3.05, 3.63) is 57.7 Å². The van der Waals surface area contributed by atoms with Gasteiger partial charge >= 0.3 is 4.87 Å². The fourth-order valence-corrected chi connectivity index (χ4v) is 5.22. The van der Waals surface area contributed by atoms with Crippen molar-refractivity contribution in [2.24, 2.45) is 0 Å². The Balaban J connectivity index is 1.87. The lowest BCUT2D eigenvalue weighted by atomic mass is 10.1. The molecular formula is C20H24N2O3S2. The summed E-state index contributed by atoms with van der Waals surface area (Å²) >= 11 is 1.07. The van der Waals surface area contributed by atoms with Gasteiger partial charge in [-0.2, -0.15) is 0 Å². The Hall–Kier alpha value is -2.12. The molecule has 0 bridgehead atoms. The van der Waals surface area contributed by atoms with E-state index in [-0.39, 0.29) is 15.8 Å². The molecule has 0 atom stereocenters. The van der Waals surface area contributed by atoms with Crippen molar-refractivity contribution in [2.75, 3.05) is 4.72 Å². The molecule has 0 aliphatic heterocycles. The van der Waals surface area contributed by atoms with Crippen LogP contribution in [0.3, 0.4) is 0 Å². The summed E-state index contributed by atoms with van der Waals surface area (Å²) < 4.78 is 30.4. The Labute approximate surface area is 163 Å². The normalized spacial score (nSPS) is 12.0. The first-order chi connectivity index (χ1) is 12.8. The molecular weight excluding hydrogens is 380 g/mol. The molecule has 0 saturated heterocycles. The summed E-state index contributed by atoms with van der Waals surface area (Å²) in [7, 11) is -3.71. The maximum absolute atomic E-state index is 12.7. The number of anilines is 1. The van der Waals surface area contributed by atoms with E-state index in [9.17, 15) is 13.2 Å². The number of thiazole rings is 1. The fraction of sp³-hybridized carbons (Fsp3) is 0.350. The quantitative estimate of drug-likeness (QED) is 0.616. The number of sulfonamides is 1. The van der Waals surface area contributed by atoms with Gasteiger partial charge < -0.3 is 0 Å². The predicted octanol–water partition coefficient (Wildman–Crippen LogP) is 4.79. The van der Waals surface area contributed by atoms with Crippen LogP contribution >= 0.6 is 11.3 Å². The first-order valence-electron chi connectivity index (χ1n) is 9.08. The van der Waals surface area contributed by atoms with E-state index in [2.05, 4.69) is 11.6 Å². The summed E-state index contributed by atoms with van der Waals surface area (Å²) in [6.45, 7) is 6.01. The van der Waals surface area contributed by atoms with Gasteiger partial charge in [-0.3, -0.25) is 14.1 Å². The minimum atomic E-state index is -3.71. The second-order valence-corrected chi connectivity index (χ2v) is 9.54. The van der Waals surface area contributed by atoms with Gasteiger partial charge in [-0.05, 0) is 62.6 Å². The van der Waals surface area contributed by atoms with E-state index in [0.29, 0.717) is 10.4 Å². The van der Waals surface area contributed by atoms with Crippen molar-refractivity contribution >= 4 is 37.3 Å². The van der Waals surface area contributed by atoms with E-state index in [1.807, 2.05) is 26.0 Å². The van der Waals surface area contributed by atoms with E-state index < -0.39 is 10.0 Å². The van der Waals surface area contributed by atoms with Gasteiger partial charge in [0.2, 0.25) is 0 Å². The number of aryl methyl sites for hydroxylation is 1. The smallest absolute Gasteiger partial charge is 0.296 e. The number of hydrogen-bond donors (Lipinski definition) is 1. The summed E-state index contributed by atoms with van der Waals surface area (Å²) in [4.78, 5) is 12.2. The molecule has 3 aromatic rings. The average molecular weight is 405 g/mol. The molecule has 0 aliphatic rings. The van der Waals surface area contributed by atoms with Crippen LogP contribution in [0.25, 0.3) is 10.2 Å². The number of nitrogens with one attached hydrogen (secondary N) is 1. The van der Waals surface area contributed by atoms with Crippen LogP contribution in [0.5, 0.6) is 0 Å². The third kappa shape index (κ3) is 4.25. The highest BCUT2D eigenvalue weighted by atomic mass is 32.2. The predicted molar refractivity (Wildman–Crippen MR) is 112 cm³/mol. The molecule has 0 saturated carbocycles. The Morgan fingerprint density at radius 1 is 1.11 bits per heavy atom. The summed E-state index contributed by atoms with van der Waals surface area (Å²) in [5.41, 5.74) is 2.49. The van der Waals surface area contributed by atoms with Crippen LogP contribution in [0.1, 0.15) is 45.2 Å². The lowest BCUT2D eigenvalue weighted by Gasteiger charge is -2.10. The highest BCUT2D eigenvalue weighted by Gasteiger charge is 2.18. The maximum Gasteiger partial charge on any atom is 0.308 e. The summed E-state index contributed by atoms with van der Waals surface area (Å²) in [6, 6.07) is 12.3. The van der Waals surface area contributed by atoms with E-state index >= 15 is 0 Å². The van der Waals surface area contributed by atoms with Gasteiger partial charge in [-0.25, -0.2) is 8.42 Å². The molecule has 0 unspecified atom stereocenters. The first-order valence-corrected chi connectivity index (χ1v) is 11.4. The first kappa shape index (κ1) is 19.6. The second-order valence-electron chi connectivity index (χ2n) is 6.87. The number of aromatic nitrogens is 1. The topological polar surface area (TPSA) is 68.2 Å². The van der Waals surface area contributed by atoms with Crippen LogP contribution in [-0.4, -0.2) is 13.0 Å². The van der Waals surface area contributed by atoms with E-state index in [1.54, 1.807) is 34.9 Å². The molecule has 1 heterocycles. The van der Waals surface area contributed by atoms with Crippen LogP contribution in [0.15, 0.2) is 52.2 Å². The molecule has 0 amide bonds. The molecule has 7 heteroatoms. The zero-order chi connectivity index (χ0) is 19.6. The number of nitrogens with zero attached hydrogens (tertiary/aromatic N) is 1. The molecule has 5 nitrogen and oxygen atoms in total. The van der Waals surface area contributed by atoms with Crippen LogP contribution in [0, 0.1) is 0 Å². The van der Waals surface area contributed by atoms with Crippen molar-refractivity contribution in [1.82, 2.24) is 4.57 Å². The van der Waals surface area contributed by atoms with Crippen LogP contribution in [-0.2, 0) is 16.4 Å². The van der Waals surface area contributed by atoms with Gasteiger partial charge in [0.15, 0.2) is 0 Å². The standard InChI is InChI=1S/C20H24N2O3S2/c1-4-5-6-15-7-9-16(10-8-15)21-27(24,25)17-11-12-18-19(13-17)26-20(23)22(18)14(2)3/h7-14,21H,4-6H2,1-3H3. The van der Waals surface area contributed by atoms with Crippen molar-refractivity contribution in [2.45, 2.75) is 51.0 Å². The van der Waals surface area contributed by atoms with Crippen LogP contribution in [0.4, 0.5) is 5.69 Å². The SMILES string of the molecule is CCCCc1ccc(NS(=O)(=O)c2ccc3c(c2)sc(=O)n3C(C)C)cc1. The Kier molecular flexibility index (Phi) is 5.72. The van der Waals surface area contributed by atoms with Gasteiger partial charge in [-0.1, -0.05) is 36.8 Å². The van der Waals surface area contributed by atoms with Crippen molar-refractivity contribution in [3.8, 4) is 0 Å². The number of hydrogen-bond acceptors (Lipinski definition) is 4. The third-order valence-electron chi connectivity index (χ3n) is 4.44. The number of rotatable bonds is 7. The van der Waals surface area contributed by atoms with Gasteiger partial charge in [0, 0.05) is 11.7 Å². The zero-order valence-corrected chi connectivity index (χ0v) is 17.4. The Morgan fingerprint density at radius 2 is 1.81 bits per heavy atom. The van der Waals surface area contributed by atoms with Crippen LogP contribution in [0.2, 0.25) is 0 Å². The average Bonchev–Trinajstić information content (AvgIpc) is 2.96. The summed E-state index contributed by atoms with van der Waals surface area (Å²) in [6.07, 6.45) is 3.23. The number of unbranched alkanes of at least 4 members (excludes halogenated alkanes) is 1. The minimum absolute atomic E-state index is 0.0260. The highest BCUT2D eigenvalue weighted by Crippen LogP contribution is 2.25. The fourth-order valence-electron chi connectivity index (χ4n) is 3.01. The van der Waals surface area contributed by atoms with Gasteiger partial charge in [0.1, 0.15) is 0 Å². The molecule has 1 N–H and O–H groups in total. The zero-order valence-electron chi connectivity index (χ0n) is 15.7. The maximum atomic E-state index is 12.7. The Morgan fingerprint density at radius 3 is 2.44 bits per heavy atom. The van der Waals surface area contributed by atoms with Crippen molar-refractivity contribution in [1.29, 1.82) is 0 Å². The molecule has 0 radical (unpaired) electrons. The molecule has 2 aromatic carbocycles. The number of benzene rings is 2. The van der Waals surface area contributed by atoms with Gasteiger partial charge in [-0.15, -0.1) is 0 Å². The highest BCUT2D eigenvalue weighted by molar-refractivity contribution is 7.92. The van der Waals surface area contributed by atoms with Crippen molar-refractivity contribution in [3.63, 3.8) is 0 Å². The lowest BCUT2D eigenvalue weighted by Crippen LogP contribution is -2.15. The molecule has 0 spiro atoms. The van der Waals surface area contributed by atoms with E-state index in [0.717, 1.165) is 36.1 Å². The largest absolute Gasteiger partial charge is 0.308 e. The second kappa shape index (κ2) is 7.86. The monoisotopic (exact) mass is 404 g/mol. The number of fused-ring (bicyclic) bond motifs is 1. The van der Waals surface area contributed by atoms with Gasteiger partial charge in [0.25, 0.3) is 10.0 Å². The van der Waals surface area contributed by atoms with Crippen LogP contribution < -0.4 is 9.60 Å². The minimum Gasteiger partial charge on any atom is -0.296 e.